The van der Waals surface area contributed by atoms with E-state index in [1.807, 2.05) is 61.5 Å². The Bertz CT molecular complexity index is 812. The second-order valence-corrected chi connectivity index (χ2v) is 5.59. The summed E-state index contributed by atoms with van der Waals surface area (Å²) in [6.45, 7) is 2.48. The Hall–Kier alpha value is -2.95. The molecule has 0 bridgehead atoms. The summed E-state index contributed by atoms with van der Waals surface area (Å²) in [5.74, 6) is 1.09. The zero-order valence-electron chi connectivity index (χ0n) is 13.5. The topological polar surface area (TPSA) is 68.0 Å². The van der Waals surface area contributed by atoms with E-state index in [-0.39, 0.29) is 5.91 Å². The number of hydrogen-bond donors (Lipinski definition) is 1. The highest BCUT2D eigenvalue weighted by Gasteiger charge is 2.10. The lowest BCUT2D eigenvalue weighted by molar-refractivity contribution is -0.120. The van der Waals surface area contributed by atoms with Crippen LogP contribution < -0.4 is 5.32 Å². The van der Waals surface area contributed by atoms with Gasteiger partial charge in [-0.1, -0.05) is 59.8 Å². The third kappa shape index (κ3) is 4.07. The van der Waals surface area contributed by atoms with Gasteiger partial charge in [0, 0.05) is 18.5 Å². The predicted octanol–water partition coefficient (Wildman–Crippen LogP) is 2.95. The summed E-state index contributed by atoms with van der Waals surface area (Å²) in [4.78, 5) is 16.3. The summed E-state index contributed by atoms with van der Waals surface area (Å²) in [7, 11) is 0. The molecule has 0 unspecified atom stereocenters. The van der Waals surface area contributed by atoms with Gasteiger partial charge in [0.15, 0.2) is 0 Å². The first-order valence-corrected chi connectivity index (χ1v) is 7.91. The minimum Gasteiger partial charge on any atom is -0.355 e. The van der Waals surface area contributed by atoms with Gasteiger partial charge in [-0.3, -0.25) is 4.79 Å². The Morgan fingerprint density at radius 3 is 2.62 bits per heavy atom. The molecule has 0 atom stereocenters. The van der Waals surface area contributed by atoms with Crippen LogP contribution in [0.1, 0.15) is 17.0 Å². The molecule has 1 N–H and O–H groups in total. The van der Waals surface area contributed by atoms with Crippen LogP contribution in [0.15, 0.2) is 59.1 Å². The molecule has 5 nitrogen and oxygen atoms in total. The Morgan fingerprint density at radius 1 is 1.08 bits per heavy atom. The number of nitrogens with zero attached hydrogens (tertiary/aromatic N) is 2. The molecule has 0 saturated carbocycles. The van der Waals surface area contributed by atoms with Gasteiger partial charge in [0.25, 0.3) is 0 Å². The highest BCUT2D eigenvalue weighted by atomic mass is 16.5. The Kier molecular flexibility index (Phi) is 5.01. The third-order valence-corrected chi connectivity index (χ3v) is 3.72. The van der Waals surface area contributed by atoms with Gasteiger partial charge in [-0.05, 0) is 18.1 Å². The molecule has 0 saturated heterocycles. The molecule has 1 heterocycles. The van der Waals surface area contributed by atoms with Gasteiger partial charge >= 0.3 is 0 Å². The average molecular weight is 321 g/mol. The number of amides is 1. The normalized spacial score (nSPS) is 10.5. The molecule has 0 spiro atoms. The van der Waals surface area contributed by atoms with Crippen molar-refractivity contribution in [2.75, 3.05) is 6.54 Å². The predicted molar refractivity (Wildman–Crippen MR) is 91.3 cm³/mol. The minimum absolute atomic E-state index is 0.0140. The van der Waals surface area contributed by atoms with Crippen LogP contribution in [0.5, 0.6) is 0 Å². The van der Waals surface area contributed by atoms with Gasteiger partial charge in [0.1, 0.15) is 0 Å². The van der Waals surface area contributed by atoms with Crippen molar-refractivity contribution in [3.63, 3.8) is 0 Å². The number of benzene rings is 2. The molecule has 0 aliphatic heterocycles. The quantitative estimate of drug-likeness (QED) is 0.758. The van der Waals surface area contributed by atoms with E-state index < -0.39 is 0 Å². The number of aryl methyl sites for hydroxylation is 1. The van der Waals surface area contributed by atoms with Crippen molar-refractivity contribution in [1.29, 1.82) is 0 Å². The van der Waals surface area contributed by atoms with E-state index in [9.17, 15) is 4.79 Å². The summed E-state index contributed by atoms with van der Waals surface area (Å²) in [5, 5.41) is 6.89. The summed E-state index contributed by atoms with van der Waals surface area (Å²) in [5.41, 5.74) is 3.05. The lowest BCUT2D eigenvalue weighted by Gasteiger charge is -2.03. The molecule has 3 aromatic rings. The maximum Gasteiger partial charge on any atom is 0.228 e. The second-order valence-electron chi connectivity index (χ2n) is 5.59. The van der Waals surface area contributed by atoms with Crippen LogP contribution in [0, 0.1) is 6.92 Å². The van der Waals surface area contributed by atoms with Gasteiger partial charge in [-0.25, -0.2) is 0 Å². The smallest absolute Gasteiger partial charge is 0.228 e. The van der Waals surface area contributed by atoms with Crippen LogP contribution in [-0.2, 0) is 17.6 Å². The average Bonchev–Trinajstić information content (AvgIpc) is 3.05. The van der Waals surface area contributed by atoms with Crippen molar-refractivity contribution >= 4 is 5.91 Å². The van der Waals surface area contributed by atoms with E-state index in [1.54, 1.807) is 0 Å². The maximum absolute atomic E-state index is 11.9. The molecule has 3 rings (SSSR count). The van der Waals surface area contributed by atoms with Crippen molar-refractivity contribution in [2.45, 2.75) is 19.8 Å². The molecule has 5 heteroatoms. The SMILES string of the molecule is Cc1ccccc1-c1noc(CCNC(=O)Cc2ccccc2)n1. The molecule has 0 aliphatic rings. The second kappa shape index (κ2) is 7.55. The molecule has 0 aliphatic carbocycles. The Morgan fingerprint density at radius 2 is 1.83 bits per heavy atom. The molecular weight excluding hydrogens is 302 g/mol. The number of nitrogens with one attached hydrogen (secondary N) is 1. The monoisotopic (exact) mass is 321 g/mol. The minimum atomic E-state index is -0.0140. The number of carbonyl (C=O) groups excluding carboxylic acids is 1. The largest absolute Gasteiger partial charge is 0.355 e. The summed E-state index contributed by atoms with van der Waals surface area (Å²) < 4.78 is 5.26. The molecule has 24 heavy (non-hydrogen) atoms. The number of aromatic nitrogens is 2. The lowest BCUT2D eigenvalue weighted by Crippen LogP contribution is -2.27. The van der Waals surface area contributed by atoms with Gasteiger partial charge in [0.2, 0.25) is 17.6 Å². The molecule has 0 radical (unpaired) electrons. The van der Waals surface area contributed by atoms with Crippen molar-refractivity contribution in [1.82, 2.24) is 15.5 Å². The van der Waals surface area contributed by atoms with E-state index in [1.165, 1.54) is 0 Å². The van der Waals surface area contributed by atoms with Gasteiger partial charge in [-0.2, -0.15) is 4.98 Å². The number of carbonyl (C=O) groups is 1. The van der Waals surface area contributed by atoms with Gasteiger partial charge in [-0.15, -0.1) is 0 Å². The van der Waals surface area contributed by atoms with E-state index in [0.29, 0.717) is 31.1 Å². The van der Waals surface area contributed by atoms with Crippen molar-refractivity contribution in [2.24, 2.45) is 0 Å². The number of hydrogen-bond acceptors (Lipinski definition) is 4. The molecule has 2 aromatic carbocycles. The van der Waals surface area contributed by atoms with Crippen molar-refractivity contribution < 1.29 is 9.32 Å². The van der Waals surface area contributed by atoms with Crippen LogP contribution in [0.3, 0.4) is 0 Å². The van der Waals surface area contributed by atoms with E-state index in [4.69, 9.17) is 4.52 Å². The number of rotatable bonds is 6. The highest BCUT2D eigenvalue weighted by molar-refractivity contribution is 5.78. The van der Waals surface area contributed by atoms with Crippen LogP contribution in [0.2, 0.25) is 0 Å². The summed E-state index contributed by atoms with van der Waals surface area (Å²) in [6.07, 6.45) is 0.887. The highest BCUT2D eigenvalue weighted by Crippen LogP contribution is 2.19. The first-order chi connectivity index (χ1) is 11.7. The first kappa shape index (κ1) is 15.9. The molecular formula is C19H19N3O2. The van der Waals surface area contributed by atoms with Crippen molar-refractivity contribution in [3.8, 4) is 11.4 Å². The third-order valence-electron chi connectivity index (χ3n) is 3.72. The zero-order chi connectivity index (χ0) is 16.8. The summed E-state index contributed by atoms with van der Waals surface area (Å²) in [6, 6.07) is 17.6. The fourth-order valence-corrected chi connectivity index (χ4v) is 2.44. The standard InChI is InChI=1S/C19H19N3O2/c1-14-7-5-6-10-16(14)19-21-18(24-22-19)11-12-20-17(23)13-15-8-3-2-4-9-15/h2-10H,11-13H2,1H3,(H,20,23). The summed E-state index contributed by atoms with van der Waals surface area (Å²) >= 11 is 0. The van der Waals surface area contributed by atoms with Gasteiger partial charge < -0.3 is 9.84 Å². The molecule has 1 aromatic heterocycles. The van der Waals surface area contributed by atoms with Gasteiger partial charge in [0.05, 0.1) is 6.42 Å². The lowest BCUT2D eigenvalue weighted by atomic mass is 10.1. The molecule has 1 amide bonds. The maximum atomic E-state index is 11.9. The first-order valence-electron chi connectivity index (χ1n) is 7.91. The zero-order valence-corrected chi connectivity index (χ0v) is 13.5. The van der Waals surface area contributed by atoms with Crippen molar-refractivity contribution in [3.05, 3.63) is 71.6 Å². The van der Waals surface area contributed by atoms with Crippen LogP contribution >= 0.6 is 0 Å². The fraction of sp³-hybridized carbons (Fsp3) is 0.211. The van der Waals surface area contributed by atoms with Crippen LogP contribution in [0.25, 0.3) is 11.4 Å². The fourth-order valence-electron chi connectivity index (χ4n) is 2.44. The van der Waals surface area contributed by atoms with Crippen LogP contribution in [-0.4, -0.2) is 22.6 Å². The van der Waals surface area contributed by atoms with E-state index in [0.717, 1.165) is 16.7 Å². The van der Waals surface area contributed by atoms with E-state index >= 15 is 0 Å². The Balaban J connectivity index is 1.51. The molecule has 0 fully saturated rings. The van der Waals surface area contributed by atoms with E-state index in [2.05, 4.69) is 15.5 Å². The van der Waals surface area contributed by atoms with Crippen LogP contribution in [0.4, 0.5) is 0 Å². The Labute approximate surface area is 140 Å². The molecule has 122 valence electrons.